The Hall–Kier alpha value is -1.63. The third-order valence-corrected chi connectivity index (χ3v) is 4.69. The van der Waals surface area contributed by atoms with Crippen molar-refractivity contribution >= 4 is 17.3 Å². The van der Waals surface area contributed by atoms with Crippen LogP contribution in [0.15, 0.2) is 24.3 Å². The molecule has 0 aliphatic carbocycles. The van der Waals surface area contributed by atoms with Crippen LogP contribution >= 0.6 is 0 Å². The maximum atomic E-state index is 12.5. The van der Waals surface area contributed by atoms with E-state index in [1.54, 1.807) is 6.92 Å². The molecule has 25 heavy (non-hydrogen) atoms. The van der Waals surface area contributed by atoms with E-state index in [0.29, 0.717) is 19.8 Å². The zero-order valence-electron chi connectivity index (χ0n) is 14.9. The number of anilines is 2. The lowest BCUT2D eigenvalue weighted by Gasteiger charge is -2.30. The number of hydrogen-bond acceptors (Lipinski definition) is 5. The molecule has 0 saturated carbocycles. The van der Waals surface area contributed by atoms with Crippen LogP contribution in [0.1, 0.15) is 26.2 Å². The number of nitrogens with one attached hydrogen (secondary N) is 1. The highest BCUT2D eigenvalue weighted by molar-refractivity contribution is 5.97. The first kappa shape index (κ1) is 18.2. The molecule has 0 unspecified atom stereocenters. The second kappa shape index (κ2) is 9.17. The molecule has 2 fully saturated rings. The molecule has 0 aromatic heterocycles. The van der Waals surface area contributed by atoms with E-state index in [2.05, 4.69) is 10.2 Å². The van der Waals surface area contributed by atoms with Crippen LogP contribution in [0.5, 0.6) is 0 Å². The summed E-state index contributed by atoms with van der Waals surface area (Å²) < 4.78 is 16.8. The Balaban J connectivity index is 1.54. The van der Waals surface area contributed by atoms with Gasteiger partial charge in [0.15, 0.2) is 0 Å². The van der Waals surface area contributed by atoms with Crippen molar-refractivity contribution in [3.8, 4) is 0 Å². The zero-order chi connectivity index (χ0) is 17.5. The maximum Gasteiger partial charge on any atom is 0.253 e. The number of ether oxygens (including phenoxy) is 3. The van der Waals surface area contributed by atoms with E-state index in [9.17, 15) is 4.79 Å². The third kappa shape index (κ3) is 5.17. The normalized spacial score (nSPS) is 22.4. The summed E-state index contributed by atoms with van der Waals surface area (Å²) >= 11 is 0. The van der Waals surface area contributed by atoms with Gasteiger partial charge in [0.1, 0.15) is 6.10 Å². The molecule has 2 atom stereocenters. The number of morpholine rings is 1. The first-order valence-corrected chi connectivity index (χ1v) is 9.20. The Labute approximate surface area is 149 Å². The molecule has 6 nitrogen and oxygen atoms in total. The summed E-state index contributed by atoms with van der Waals surface area (Å²) in [5.74, 6) is -0.128. The van der Waals surface area contributed by atoms with Crippen molar-refractivity contribution in [2.45, 2.75) is 38.4 Å². The SMILES string of the molecule is C[C@H](OC[C@@H]1CCCCO1)C(=O)Nc1ccccc1N1CCOCC1. The molecule has 2 saturated heterocycles. The van der Waals surface area contributed by atoms with E-state index in [1.165, 1.54) is 6.42 Å². The molecule has 0 radical (unpaired) electrons. The van der Waals surface area contributed by atoms with Gasteiger partial charge in [-0.3, -0.25) is 4.79 Å². The van der Waals surface area contributed by atoms with Gasteiger partial charge in [-0.2, -0.15) is 0 Å². The van der Waals surface area contributed by atoms with Gasteiger partial charge < -0.3 is 24.4 Å². The van der Waals surface area contributed by atoms with Gasteiger partial charge in [-0.25, -0.2) is 0 Å². The molecule has 2 heterocycles. The topological polar surface area (TPSA) is 60.0 Å². The van der Waals surface area contributed by atoms with E-state index in [-0.39, 0.29) is 12.0 Å². The van der Waals surface area contributed by atoms with Crippen LogP contribution in [0.2, 0.25) is 0 Å². The van der Waals surface area contributed by atoms with Crippen molar-refractivity contribution in [3.63, 3.8) is 0 Å². The fraction of sp³-hybridized carbons (Fsp3) is 0.632. The molecule has 2 aliphatic heterocycles. The number of carbonyl (C=O) groups is 1. The Morgan fingerprint density at radius 3 is 2.84 bits per heavy atom. The fourth-order valence-electron chi connectivity index (χ4n) is 3.16. The highest BCUT2D eigenvalue weighted by Crippen LogP contribution is 2.26. The largest absolute Gasteiger partial charge is 0.378 e. The van der Waals surface area contributed by atoms with Gasteiger partial charge in [0.25, 0.3) is 5.91 Å². The second-order valence-electron chi connectivity index (χ2n) is 6.57. The predicted molar refractivity (Wildman–Crippen MR) is 97.1 cm³/mol. The summed E-state index contributed by atoms with van der Waals surface area (Å²) in [7, 11) is 0. The summed E-state index contributed by atoms with van der Waals surface area (Å²) in [6.45, 7) is 6.14. The number of para-hydroxylation sites is 2. The lowest BCUT2D eigenvalue weighted by molar-refractivity contribution is -0.130. The van der Waals surface area contributed by atoms with Crippen molar-refractivity contribution < 1.29 is 19.0 Å². The first-order chi connectivity index (χ1) is 12.2. The predicted octanol–water partition coefficient (Wildman–Crippen LogP) is 2.44. The van der Waals surface area contributed by atoms with Crippen LogP contribution in [0.25, 0.3) is 0 Å². The molecule has 0 spiro atoms. The van der Waals surface area contributed by atoms with Gasteiger partial charge >= 0.3 is 0 Å². The standard InChI is InChI=1S/C19H28N2O4/c1-15(25-14-16-6-4-5-11-24-16)19(22)20-17-7-2-3-8-18(17)21-9-12-23-13-10-21/h2-3,7-8,15-16H,4-6,9-14H2,1H3,(H,20,22)/t15-,16-/m0/s1. The Morgan fingerprint density at radius 1 is 1.28 bits per heavy atom. The maximum absolute atomic E-state index is 12.5. The van der Waals surface area contributed by atoms with Gasteiger partial charge in [0.2, 0.25) is 0 Å². The molecule has 2 aliphatic rings. The smallest absolute Gasteiger partial charge is 0.253 e. The van der Waals surface area contributed by atoms with E-state index in [0.717, 1.165) is 43.9 Å². The van der Waals surface area contributed by atoms with Crippen molar-refractivity contribution in [1.29, 1.82) is 0 Å². The Morgan fingerprint density at radius 2 is 2.08 bits per heavy atom. The van der Waals surface area contributed by atoms with Gasteiger partial charge in [-0.15, -0.1) is 0 Å². The number of nitrogens with zero attached hydrogens (tertiary/aromatic N) is 1. The first-order valence-electron chi connectivity index (χ1n) is 9.20. The van der Waals surface area contributed by atoms with Crippen molar-refractivity contribution in [2.24, 2.45) is 0 Å². The van der Waals surface area contributed by atoms with Gasteiger partial charge in [0, 0.05) is 19.7 Å². The van der Waals surface area contributed by atoms with Crippen LogP contribution in [0.3, 0.4) is 0 Å². The molecule has 1 aromatic rings. The summed E-state index contributed by atoms with van der Waals surface area (Å²) in [4.78, 5) is 14.7. The van der Waals surface area contributed by atoms with E-state index < -0.39 is 6.10 Å². The summed E-state index contributed by atoms with van der Waals surface area (Å²) in [6, 6.07) is 7.88. The van der Waals surface area contributed by atoms with Crippen molar-refractivity contribution in [1.82, 2.24) is 0 Å². The van der Waals surface area contributed by atoms with Gasteiger partial charge in [-0.05, 0) is 38.3 Å². The van der Waals surface area contributed by atoms with E-state index >= 15 is 0 Å². The summed E-state index contributed by atoms with van der Waals surface area (Å²) in [5, 5.41) is 3.01. The number of carbonyl (C=O) groups excluding carboxylic acids is 1. The molecular weight excluding hydrogens is 320 g/mol. The number of hydrogen-bond donors (Lipinski definition) is 1. The highest BCUT2D eigenvalue weighted by atomic mass is 16.5. The molecule has 1 amide bonds. The molecule has 6 heteroatoms. The molecule has 1 aromatic carbocycles. The highest BCUT2D eigenvalue weighted by Gasteiger charge is 2.21. The third-order valence-electron chi connectivity index (χ3n) is 4.69. The lowest BCUT2D eigenvalue weighted by Crippen LogP contribution is -2.37. The Kier molecular flexibility index (Phi) is 6.67. The minimum absolute atomic E-state index is 0.115. The monoisotopic (exact) mass is 348 g/mol. The minimum atomic E-state index is -0.511. The van der Waals surface area contributed by atoms with Crippen LogP contribution in [-0.2, 0) is 19.0 Å². The zero-order valence-corrected chi connectivity index (χ0v) is 14.9. The quantitative estimate of drug-likeness (QED) is 0.856. The summed E-state index contributed by atoms with van der Waals surface area (Å²) in [5.41, 5.74) is 1.85. The van der Waals surface area contributed by atoms with Crippen molar-refractivity contribution in [2.75, 3.05) is 49.7 Å². The fourth-order valence-corrected chi connectivity index (χ4v) is 3.16. The minimum Gasteiger partial charge on any atom is -0.378 e. The van der Waals surface area contributed by atoms with Gasteiger partial charge in [0.05, 0.1) is 37.3 Å². The molecule has 0 bridgehead atoms. The average molecular weight is 348 g/mol. The van der Waals surface area contributed by atoms with Crippen LogP contribution in [-0.4, -0.2) is 57.6 Å². The van der Waals surface area contributed by atoms with Crippen LogP contribution in [0, 0.1) is 0 Å². The number of rotatable bonds is 6. The average Bonchev–Trinajstić information content (AvgIpc) is 2.68. The van der Waals surface area contributed by atoms with Crippen molar-refractivity contribution in [3.05, 3.63) is 24.3 Å². The molecular formula is C19H28N2O4. The van der Waals surface area contributed by atoms with Crippen LogP contribution < -0.4 is 10.2 Å². The Bertz CT molecular complexity index is 554. The van der Waals surface area contributed by atoms with Crippen LogP contribution in [0.4, 0.5) is 11.4 Å². The molecule has 138 valence electrons. The summed E-state index contributed by atoms with van der Waals surface area (Å²) in [6.07, 6.45) is 2.90. The molecule has 1 N–H and O–H groups in total. The lowest BCUT2D eigenvalue weighted by atomic mass is 10.1. The van der Waals surface area contributed by atoms with E-state index in [1.807, 2.05) is 24.3 Å². The number of amides is 1. The second-order valence-corrected chi connectivity index (χ2v) is 6.57. The van der Waals surface area contributed by atoms with E-state index in [4.69, 9.17) is 14.2 Å². The van der Waals surface area contributed by atoms with Gasteiger partial charge in [-0.1, -0.05) is 12.1 Å². The number of benzene rings is 1. The molecule has 3 rings (SSSR count).